The zero-order valence-corrected chi connectivity index (χ0v) is 15.5. The topological polar surface area (TPSA) is 40.5 Å². The van der Waals surface area contributed by atoms with Crippen LogP contribution >= 0.6 is 0 Å². The first-order chi connectivity index (χ1) is 13.6. The fourth-order valence-electron chi connectivity index (χ4n) is 4.10. The van der Waals surface area contributed by atoms with E-state index in [1.807, 2.05) is 59.5 Å². The van der Waals surface area contributed by atoms with Crippen LogP contribution in [0.3, 0.4) is 0 Å². The highest BCUT2D eigenvalue weighted by atomic mass is 19.1. The smallest absolute Gasteiger partial charge is 0.320 e. The molecule has 2 unspecified atom stereocenters. The zero-order valence-electron chi connectivity index (χ0n) is 15.5. The lowest BCUT2D eigenvalue weighted by atomic mass is 9.94. The highest BCUT2D eigenvalue weighted by Gasteiger charge is 2.37. The Bertz CT molecular complexity index is 956. The highest BCUT2D eigenvalue weighted by Crippen LogP contribution is 2.36. The molecule has 0 bridgehead atoms. The molecule has 4 rings (SSSR count). The molecule has 4 heteroatoms. The Morgan fingerprint density at radius 3 is 2.25 bits per heavy atom. The first kappa shape index (κ1) is 18.4. The van der Waals surface area contributed by atoms with E-state index in [2.05, 4.69) is 0 Å². The lowest BCUT2D eigenvalue weighted by molar-refractivity contribution is -0.142. The maximum absolute atomic E-state index is 14.7. The second-order valence-corrected chi connectivity index (χ2v) is 7.15. The van der Waals surface area contributed by atoms with Crippen LogP contribution in [0.1, 0.15) is 30.0 Å². The van der Waals surface area contributed by atoms with Gasteiger partial charge in [0.2, 0.25) is 0 Å². The summed E-state index contributed by atoms with van der Waals surface area (Å²) in [5.41, 5.74) is 3.61. The Balaban J connectivity index is 1.76. The summed E-state index contributed by atoms with van der Waals surface area (Å²) in [6, 6.07) is 23.7. The lowest BCUT2D eigenvalue weighted by Crippen LogP contribution is -2.39. The van der Waals surface area contributed by atoms with E-state index < -0.39 is 18.1 Å². The molecule has 1 heterocycles. The van der Waals surface area contributed by atoms with Crippen molar-refractivity contribution in [1.82, 2.24) is 4.90 Å². The van der Waals surface area contributed by atoms with Crippen LogP contribution in [0.25, 0.3) is 11.1 Å². The average molecular weight is 375 g/mol. The molecule has 3 aromatic carbocycles. The molecule has 0 amide bonds. The number of rotatable bonds is 5. The lowest BCUT2D eigenvalue weighted by Gasteiger charge is -2.32. The molecular weight excluding hydrogens is 353 g/mol. The van der Waals surface area contributed by atoms with E-state index in [-0.39, 0.29) is 5.82 Å². The molecule has 28 heavy (non-hydrogen) atoms. The van der Waals surface area contributed by atoms with Gasteiger partial charge in [-0.25, -0.2) is 4.39 Å². The van der Waals surface area contributed by atoms with Crippen molar-refractivity contribution in [1.29, 1.82) is 0 Å². The van der Waals surface area contributed by atoms with E-state index in [0.29, 0.717) is 18.5 Å². The molecule has 0 spiro atoms. The minimum absolute atomic E-state index is 0.310. The van der Waals surface area contributed by atoms with Gasteiger partial charge in [0, 0.05) is 12.1 Å². The Morgan fingerprint density at radius 1 is 0.929 bits per heavy atom. The zero-order chi connectivity index (χ0) is 19.5. The predicted molar refractivity (Wildman–Crippen MR) is 107 cm³/mol. The molecule has 1 fully saturated rings. The molecule has 1 N–H and O–H groups in total. The normalized spacial score (nSPS) is 18.1. The van der Waals surface area contributed by atoms with Crippen LogP contribution in [-0.2, 0) is 4.79 Å². The van der Waals surface area contributed by atoms with Gasteiger partial charge in [0.1, 0.15) is 11.9 Å². The second kappa shape index (κ2) is 7.95. The number of hydrogen-bond acceptors (Lipinski definition) is 2. The summed E-state index contributed by atoms with van der Waals surface area (Å²) in [6.07, 6.45) is 1.38. The van der Waals surface area contributed by atoms with E-state index >= 15 is 0 Å². The van der Waals surface area contributed by atoms with Crippen molar-refractivity contribution in [2.45, 2.75) is 24.9 Å². The largest absolute Gasteiger partial charge is 0.480 e. The van der Waals surface area contributed by atoms with Crippen molar-refractivity contribution >= 4 is 5.97 Å². The van der Waals surface area contributed by atoms with Gasteiger partial charge in [0.15, 0.2) is 0 Å². The van der Waals surface area contributed by atoms with Gasteiger partial charge < -0.3 is 5.11 Å². The molecule has 0 radical (unpaired) electrons. The Hall–Kier alpha value is -2.98. The Labute approximate surface area is 164 Å². The van der Waals surface area contributed by atoms with Gasteiger partial charge in [-0.2, -0.15) is 0 Å². The number of benzene rings is 3. The highest BCUT2D eigenvalue weighted by molar-refractivity contribution is 5.74. The fraction of sp³-hybridized carbons (Fsp3) is 0.208. The monoisotopic (exact) mass is 375 g/mol. The van der Waals surface area contributed by atoms with E-state index in [0.717, 1.165) is 23.1 Å². The van der Waals surface area contributed by atoms with Crippen LogP contribution < -0.4 is 0 Å². The number of hydrogen-bond donors (Lipinski definition) is 1. The third kappa shape index (κ3) is 3.56. The minimum Gasteiger partial charge on any atom is -0.480 e. The summed E-state index contributed by atoms with van der Waals surface area (Å²) >= 11 is 0. The summed E-state index contributed by atoms with van der Waals surface area (Å²) in [5.74, 6) is -1.16. The quantitative estimate of drug-likeness (QED) is 0.672. The van der Waals surface area contributed by atoms with Crippen molar-refractivity contribution in [3.63, 3.8) is 0 Å². The van der Waals surface area contributed by atoms with Crippen LogP contribution in [0, 0.1) is 5.82 Å². The summed E-state index contributed by atoms with van der Waals surface area (Å²) in [5, 5.41) is 9.65. The maximum atomic E-state index is 14.7. The molecular formula is C24H22FNO2. The molecule has 3 aromatic rings. The molecule has 0 aliphatic carbocycles. The molecule has 142 valence electrons. The van der Waals surface area contributed by atoms with Crippen LogP contribution in [-0.4, -0.2) is 28.6 Å². The number of carbonyl (C=O) groups is 1. The summed E-state index contributed by atoms with van der Waals surface area (Å²) in [7, 11) is 0. The number of likely N-dealkylation sites (tertiary alicyclic amines) is 1. The second-order valence-electron chi connectivity index (χ2n) is 7.15. The first-order valence-corrected chi connectivity index (χ1v) is 9.53. The summed E-state index contributed by atoms with van der Waals surface area (Å²) in [6.45, 7) is 0.635. The third-order valence-electron chi connectivity index (χ3n) is 5.44. The van der Waals surface area contributed by atoms with Gasteiger partial charge in [0.25, 0.3) is 0 Å². The van der Waals surface area contributed by atoms with E-state index in [1.54, 1.807) is 18.2 Å². The van der Waals surface area contributed by atoms with Gasteiger partial charge in [-0.3, -0.25) is 9.69 Å². The van der Waals surface area contributed by atoms with Crippen LogP contribution in [0.2, 0.25) is 0 Å². The van der Waals surface area contributed by atoms with Gasteiger partial charge in [-0.1, -0.05) is 72.8 Å². The molecule has 0 aromatic heterocycles. The summed E-state index contributed by atoms with van der Waals surface area (Å²) < 4.78 is 14.7. The number of carboxylic acid groups (broad SMARTS) is 1. The first-order valence-electron chi connectivity index (χ1n) is 9.53. The van der Waals surface area contributed by atoms with Crippen LogP contribution in [0.15, 0.2) is 78.9 Å². The molecule has 0 saturated carbocycles. The average Bonchev–Trinajstić information content (AvgIpc) is 3.21. The standard InChI is InChI=1S/C24H22FNO2/c25-21-10-5-4-9-20(21)23(26-16-6-11-22(26)24(27)28)19-14-12-18(13-15-19)17-7-2-1-3-8-17/h1-5,7-10,12-15,22-23H,6,11,16H2,(H,27,28). The predicted octanol–water partition coefficient (Wildman–Crippen LogP) is 5.13. The number of aliphatic carboxylic acids is 1. The van der Waals surface area contributed by atoms with Crippen molar-refractivity contribution in [2.24, 2.45) is 0 Å². The van der Waals surface area contributed by atoms with Crippen LogP contribution in [0.5, 0.6) is 0 Å². The van der Waals surface area contributed by atoms with E-state index in [9.17, 15) is 14.3 Å². The summed E-state index contributed by atoms with van der Waals surface area (Å²) in [4.78, 5) is 13.7. The molecule has 1 aliphatic rings. The van der Waals surface area contributed by atoms with Crippen molar-refractivity contribution < 1.29 is 14.3 Å². The minimum atomic E-state index is -0.847. The van der Waals surface area contributed by atoms with Gasteiger partial charge in [-0.05, 0) is 35.6 Å². The molecule has 1 aliphatic heterocycles. The van der Waals surface area contributed by atoms with Gasteiger partial charge in [-0.15, -0.1) is 0 Å². The van der Waals surface area contributed by atoms with E-state index in [4.69, 9.17) is 0 Å². The van der Waals surface area contributed by atoms with Crippen molar-refractivity contribution in [3.05, 3.63) is 95.8 Å². The van der Waals surface area contributed by atoms with Crippen LogP contribution in [0.4, 0.5) is 4.39 Å². The van der Waals surface area contributed by atoms with Gasteiger partial charge >= 0.3 is 5.97 Å². The molecule has 2 atom stereocenters. The molecule has 1 saturated heterocycles. The van der Waals surface area contributed by atoms with Crippen molar-refractivity contribution in [3.8, 4) is 11.1 Å². The number of halogens is 1. The third-order valence-corrected chi connectivity index (χ3v) is 5.44. The van der Waals surface area contributed by atoms with Crippen molar-refractivity contribution in [2.75, 3.05) is 6.54 Å². The van der Waals surface area contributed by atoms with E-state index in [1.165, 1.54) is 6.07 Å². The maximum Gasteiger partial charge on any atom is 0.320 e. The number of carboxylic acids is 1. The SMILES string of the molecule is O=C(O)C1CCCN1C(c1ccc(-c2ccccc2)cc1)c1ccccc1F. The molecule has 3 nitrogen and oxygen atoms in total. The number of nitrogens with zero attached hydrogens (tertiary/aromatic N) is 1. The fourth-order valence-corrected chi connectivity index (χ4v) is 4.10. The Kier molecular flexibility index (Phi) is 5.22. The van der Waals surface area contributed by atoms with Gasteiger partial charge in [0.05, 0.1) is 6.04 Å². The Morgan fingerprint density at radius 2 is 1.57 bits per heavy atom.